The quantitative estimate of drug-likeness (QED) is 0.465. The largest absolute Gasteiger partial charge is 0.370 e. The molecule has 0 bridgehead atoms. The molecule has 0 spiro atoms. The highest BCUT2D eigenvalue weighted by atomic mass is 16.5. The molecule has 1 aliphatic heterocycles. The normalized spacial score (nSPS) is 14.2. The van der Waals surface area contributed by atoms with E-state index in [0.717, 1.165) is 31.7 Å². The number of nitriles is 1. The summed E-state index contributed by atoms with van der Waals surface area (Å²) in [5, 5.41) is 17.0. The number of hydrogen-bond acceptors (Lipinski definition) is 9. The van der Waals surface area contributed by atoms with Crippen LogP contribution >= 0.6 is 0 Å². The van der Waals surface area contributed by atoms with Gasteiger partial charge in [0.1, 0.15) is 24.0 Å². The predicted molar refractivity (Wildman–Crippen MR) is 122 cm³/mol. The summed E-state index contributed by atoms with van der Waals surface area (Å²) in [6, 6.07) is 7.02. The molecule has 12 nitrogen and oxygen atoms in total. The first-order valence-corrected chi connectivity index (χ1v) is 10.9. The standard InChI is InChI=1S/C22H25N9O3/c1-29(17-4-6-30(7-5-17)20-13-25-16(11-23)12-26-20)21(32)14-34-9-8-31-19-10-15(22(24)33)2-3-18(19)27-28-31/h2-3,10,12-13,17H,4-9,14H2,1H3,(H2,24,33). The number of hydrogen-bond donors (Lipinski definition) is 1. The zero-order valence-corrected chi connectivity index (χ0v) is 18.8. The summed E-state index contributed by atoms with van der Waals surface area (Å²) in [6.07, 6.45) is 4.68. The molecule has 1 saturated heterocycles. The van der Waals surface area contributed by atoms with E-state index in [0.29, 0.717) is 23.1 Å². The fourth-order valence-electron chi connectivity index (χ4n) is 3.92. The Hall–Kier alpha value is -4.11. The highest BCUT2D eigenvalue weighted by molar-refractivity contribution is 5.96. The summed E-state index contributed by atoms with van der Waals surface area (Å²) in [7, 11) is 1.80. The van der Waals surface area contributed by atoms with Crippen LogP contribution in [0.1, 0.15) is 28.9 Å². The molecule has 4 rings (SSSR count). The van der Waals surface area contributed by atoms with Crippen molar-refractivity contribution in [2.45, 2.75) is 25.4 Å². The number of primary amides is 1. The van der Waals surface area contributed by atoms with Crippen LogP contribution < -0.4 is 10.6 Å². The zero-order valence-electron chi connectivity index (χ0n) is 18.8. The Morgan fingerprint density at radius 2 is 2.06 bits per heavy atom. The summed E-state index contributed by atoms with van der Waals surface area (Å²) in [5.41, 5.74) is 7.34. The number of nitrogens with zero attached hydrogens (tertiary/aromatic N) is 8. The summed E-state index contributed by atoms with van der Waals surface area (Å²) in [4.78, 5) is 36.2. The monoisotopic (exact) mass is 463 g/mol. The van der Waals surface area contributed by atoms with Crippen LogP contribution in [-0.2, 0) is 16.1 Å². The van der Waals surface area contributed by atoms with Crippen LogP contribution in [0, 0.1) is 11.3 Å². The second-order valence-corrected chi connectivity index (χ2v) is 8.03. The summed E-state index contributed by atoms with van der Waals surface area (Å²) in [6.45, 7) is 2.12. The van der Waals surface area contributed by atoms with E-state index in [9.17, 15) is 9.59 Å². The third-order valence-electron chi connectivity index (χ3n) is 5.95. The lowest BCUT2D eigenvalue weighted by Gasteiger charge is -2.37. The number of amides is 2. The Morgan fingerprint density at radius 1 is 1.26 bits per heavy atom. The Labute approximate surface area is 195 Å². The molecule has 34 heavy (non-hydrogen) atoms. The molecule has 0 radical (unpaired) electrons. The minimum absolute atomic E-state index is 0.0308. The Kier molecular flexibility index (Phi) is 6.93. The third kappa shape index (κ3) is 5.10. The molecule has 12 heteroatoms. The van der Waals surface area contributed by atoms with Gasteiger partial charge in [-0.15, -0.1) is 5.10 Å². The third-order valence-corrected chi connectivity index (χ3v) is 5.95. The first kappa shape index (κ1) is 23.1. The van der Waals surface area contributed by atoms with Gasteiger partial charge >= 0.3 is 0 Å². The smallest absolute Gasteiger partial charge is 0.248 e. The second kappa shape index (κ2) is 10.2. The lowest BCUT2D eigenvalue weighted by molar-refractivity contribution is -0.137. The van der Waals surface area contributed by atoms with E-state index in [-0.39, 0.29) is 30.9 Å². The van der Waals surface area contributed by atoms with Gasteiger partial charge in [-0.2, -0.15) is 5.26 Å². The van der Waals surface area contributed by atoms with Gasteiger partial charge in [0.25, 0.3) is 0 Å². The van der Waals surface area contributed by atoms with Crippen molar-refractivity contribution in [3.8, 4) is 6.07 Å². The molecule has 0 unspecified atom stereocenters. The molecule has 3 aromatic rings. The van der Waals surface area contributed by atoms with Crippen LogP contribution in [0.2, 0.25) is 0 Å². The van der Waals surface area contributed by atoms with Gasteiger partial charge in [0.2, 0.25) is 11.8 Å². The molecule has 176 valence electrons. The van der Waals surface area contributed by atoms with E-state index in [1.54, 1.807) is 41.0 Å². The first-order valence-electron chi connectivity index (χ1n) is 10.9. The first-order chi connectivity index (χ1) is 16.5. The lowest BCUT2D eigenvalue weighted by atomic mass is 10.0. The van der Waals surface area contributed by atoms with E-state index < -0.39 is 5.91 Å². The van der Waals surface area contributed by atoms with Crippen LogP contribution in [-0.4, -0.2) is 81.1 Å². The van der Waals surface area contributed by atoms with Crippen molar-refractivity contribution in [1.82, 2.24) is 29.9 Å². The Bertz CT molecular complexity index is 1210. The summed E-state index contributed by atoms with van der Waals surface area (Å²) >= 11 is 0. The molecule has 1 aromatic carbocycles. The maximum atomic E-state index is 12.6. The van der Waals surface area contributed by atoms with Crippen molar-refractivity contribution in [2.75, 3.05) is 38.3 Å². The number of aromatic nitrogens is 5. The topological polar surface area (TPSA) is 156 Å². The van der Waals surface area contributed by atoms with Crippen LogP contribution in [0.5, 0.6) is 0 Å². The highest BCUT2D eigenvalue weighted by Gasteiger charge is 2.26. The van der Waals surface area contributed by atoms with Gasteiger partial charge in [0, 0.05) is 31.7 Å². The highest BCUT2D eigenvalue weighted by Crippen LogP contribution is 2.20. The molecule has 2 aromatic heterocycles. The van der Waals surface area contributed by atoms with Crippen molar-refractivity contribution in [3.05, 3.63) is 41.9 Å². The van der Waals surface area contributed by atoms with E-state index in [1.807, 2.05) is 6.07 Å². The van der Waals surface area contributed by atoms with E-state index >= 15 is 0 Å². The minimum Gasteiger partial charge on any atom is -0.370 e. The second-order valence-electron chi connectivity index (χ2n) is 8.03. The SMILES string of the molecule is CN(C(=O)COCCn1nnc2ccc(C(N)=O)cc21)C1CCN(c2cnc(C#N)cn2)CC1. The van der Waals surface area contributed by atoms with Crippen LogP contribution in [0.4, 0.5) is 5.82 Å². The maximum Gasteiger partial charge on any atom is 0.248 e. The number of ether oxygens (including phenoxy) is 1. The molecule has 2 N–H and O–H groups in total. The summed E-state index contributed by atoms with van der Waals surface area (Å²) in [5.74, 6) is 0.129. The van der Waals surface area contributed by atoms with Gasteiger partial charge in [0.15, 0.2) is 5.69 Å². The number of carbonyl (C=O) groups is 2. The van der Waals surface area contributed by atoms with Gasteiger partial charge in [-0.3, -0.25) is 9.59 Å². The number of likely N-dealkylation sites (N-methyl/N-ethyl adjacent to an activating group) is 1. The van der Waals surface area contributed by atoms with E-state index in [4.69, 9.17) is 15.7 Å². The molecule has 1 aliphatic rings. The Morgan fingerprint density at radius 3 is 2.74 bits per heavy atom. The number of nitrogens with two attached hydrogens (primary N) is 1. The van der Waals surface area contributed by atoms with Gasteiger partial charge in [0.05, 0.1) is 31.1 Å². The number of anilines is 1. The zero-order chi connectivity index (χ0) is 24.1. The minimum atomic E-state index is -0.518. The molecule has 0 aliphatic carbocycles. The lowest BCUT2D eigenvalue weighted by Crippen LogP contribution is -2.47. The number of rotatable bonds is 8. The summed E-state index contributed by atoms with van der Waals surface area (Å²) < 4.78 is 7.22. The predicted octanol–water partition coefficient (Wildman–Crippen LogP) is 0.336. The maximum absolute atomic E-state index is 12.6. The van der Waals surface area contributed by atoms with E-state index in [1.165, 1.54) is 6.20 Å². The number of piperidine rings is 1. The van der Waals surface area contributed by atoms with Gasteiger partial charge in [-0.25, -0.2) is 14.6 Å². The van der Waals surface area contributed by atoms with Crippen LogP contribution in [0.3, 0.4) is 0 Å². The molecular weight excluding hydrogens is 438 g/mol. The van der Waals surface area contributed by atoms with Gasteiger partial charge in [-0.05, 0) is 31.0 Å². The van der Waals surface area contributed by atoms with Crippen molar-refractivity contribution in [1.29, 1.82) is 5.26 Å². The molecule has 0 saturated carbocycles. The van der Waals surface area contributed by atoms with Crippen molar-refractivity contribution in [3.63, 3.8) is 0 Å². The van der Waals surface area contributed by atoms with Gasteiger partial charge in [-0.1, -0.05) is 5.21 Å². The van der Waals surface area contributed by atoms with Crippen molar-refractivity contribution >= 4 is 28.7 Å². The number of carbonyl (C=O) groups excluding carboxylic acids is 2. The molecule has 3 heterocycles. The molecule has 2 amide bonds. The van der Waals surface area contributed by atoms with Crippen LogP contribution in [0.15, 0.2) is 30.6 Å². The fraction of sp³-hybridized carbons (Fsp3) is 0.409. The fourth-order valence-corrected chi connectivity index (χ4v) is 3.92. The average Bonchev–Trinajstić information content (AvgIpc) is 3.28. The Balaban J connectivity index is 1.22. The molecular formula is C22H25N9O3. The van der Waals surface area contributed by atoms with Crippen molar-refractivity contribution < 1.29 is 14.3 Å². The number of fused-ring (bicyclic) bond motifs is 1. The average molecular weight is 464 g/mol. The van der Waals surface area contributed by atoms with E-state index in [2.05, 4.69) is 25.2 Å². The van der Waals surface area contributed by atoms with Gasteiger partial charge < -0.3 is 20.3 Å². The molecule has 0 atom stereocenters. The van der Waals surface area contributed by atoms with Crippen molar-refractivity contribution in [2.24, 2.45) is 5.73 Å². The van der Waals surface area contributed by atoms with Crippen LogP contribution in [0.25, 0.3) is 11.0 Å². The molecule has 1 fully saturated rings. The number of benzene rings is 1.